The van der Waals surface area contributed by atoms with Crippen LogP contribution in [0.3, 0.4) is 0 Å². The summed E-state index contributed by atoms with van der Waals surface area (Å²) in [4.78, 5) is 12.6. The summed E-state index contributed by atoms with van der Waals surface area (Å²) < 4.78 is 13.8. The van der Waals surface area contributed by atoms with Crippen molar-refractivity contribution < 1.29 is 4.39 Å². The lowest BCUT2D eigenvalue weighted by Gasteiger charge is -2.35. The number of aromatic nitrogens is 2. The van der Waals surface area contributed by atoms with Crippen LogP contribution in [-0.2, 0) is 0 Å². The van der Waals surface area contributed by atoms with Crippen molar-refractivity contribution in [2.24, 2.45) is 5.92 Å². The number of halogens is 1. The SMILES string of the molecule is CNc1ncc(F)c(N2CCN(CC3CC3)CC2)n1. The van der Waals surface area contributed by atoms with Gasteiger partial charge in [-0.05, 0) is 18.8 Å². The second-order valence-electron chi connectivity index (χ2n) is 5.35. The van der Waals surface area contributed by atoms with E-state index < -0.39 is 0 Å². The van der Waals surface area contributed by atoms with Gasteiger partial charge in [-0.1, -0.05) is 0 Å². The second-order valence-corrected chi connectivity index (χ2v) is 5.35. The standard InChI is InChI=1S/C13H20FN5/c1-15-13-16-8-11(14)12(17-13)19-6-4-18(5-7-19)9-10-2-3-10/h8,10H,2-7,9H2,1H3,(H,15,16,17). The van der Waals surface area contributed by atoms with E-state index in [1.54, 1.807) is 7.05 Å². The molecule has 6 heteroatoms. The van der Waals surface area contributed by atoms with Gasteiger partial charge in [-0.3, -0.25) is 4.90 Å². The minimum absolute atomic E-state index is 0.338. The first-order valence-corrected chi connectivity index (χ1v) is 6.94. The van der Waals surface area contributed by atoms with Crippen LogP contribution in [-0.4, -0.2) is 54.6 Å². The molecular weight excluding hydrogens is 245 g/mol. The van der Waals surface area contributed by atoms with Crippen molar-refractivity contribution in [3.63, 3.8) is 0 Å². The van der Waals surface area contributed by atoms with Gasteiger partial charge < -0.3 is 10.2 Å². The van der Waals surface area contributed by atoms with E-state index in [0.717, 1.165) is 32.1 Å². The van der Waals surface area contributed by atoms with E-state index in [1.165, 1.54) is 25.6 Å². The third kappa shape index (κ3) is 2.94. The Morgan fingerprint density at radius 2 is 2.05 bits per heavy atom. The summed E-state index contributed by atoms with van der Waals surface area (Å²) in [5.41, 5.74) is 0. The molecule has 0 spiro atoms. The summed E-state index contributed by atoms with van der Waals surface area (Å²) in [6, 6.07) is 0. The molecule has 2 heterocycles. The molecule has 0 unspecified atom stereocenters. The van der Waals surface area contributed by atoms with Crippen LogP contribution in [0.1, 0.15) is 12.8 Å². The van der Waals surface area contributed by atoms with Crippen LogP contribution < -0.4 is 10.2 Å². The van der Waals surface area contributed by atoms with Gasteiger partial charge in [0.05, 0.1) is 6.20 Å². The monoisotopic (exact) mass is 265 g/mol. The van der Waals surface area contributed by atoms with E-state index in [1.807, 2.05) is 4.90 Å². The fourth-order valence-corrected chi connectivity index (χ4v) is 2.51. The van der Waals surface area contributed by atoms with Gasteiger partial charge in [0, 0.05) is 39.8 Å². The number of hydrogen-bond acceptors (Lipinski definition) is 5. The van der Waals surface area contributed by atoms with Gasteiger partial charge in [0.2, 0.25) is 5.95 Å². The lowest BCUT2D eigenvalue weighted by molar-refractivity contribution is 0.247. The molecule has 104 valence electrons. The molecule has 1 aromatic heterocycles. The lowest BCUT2D eigenvalue weighted by atomic mass is 10.2. The van der Waals surface area contributed by atoms with E-state index in [-0.39, 0.29) is 5.82 Å². The highest BCUT2D eigenvalue weighted by Gasteiger charge is 2.27. The Balaban J connectivity index is 1.63. The molecule has 1 aliphatic carbocycles. The molecule has 19 heavy (non-hydrogen) atoms. The zero-order valence-corrected chi connectivity index (χ0v) is 11.3. The molecule has 3 rings (SSSR count). The number of hydrogen-bond donors (Lipinski definition) is 1. The first kappa shape index (κ1) is 12.6. The highest BCUT2D eigenvalue weighted by Crippen LogP contribution is 2.30. The molecule has 0 aromatic carbocycles. The van der Waals surface area contributed by atoms with Crippen LogP contribution in [0, 0.1) is 11.7 Å². The summed E-state index contributed by atoms with van der Waals surface area (Å²) in [6.07, 6.45) is 4.00. The topological polar surface area (TPSA) is 44.3 Å². The number of rotatable bonds is 4. The van der Waals surface area contributed by atoms with E-state index >= 15 is 0 Å². The highest BCUT2D eigenvalue weighted by atomic mass is 19.1. The third-order valence-corrected chi connectivity index (χ3v) is 3.83. The van der Waals surface area contributed by atoms with Gasteiger partial charge >= 0.3 is 0 Å². The highest BCUT2D eigenvalue weighted by molar-refractivity contribution is 5.44. The first-order valence-electron chi connectivity index (χ1n) is 6.94. The van der Waals surface area contributed by atoms with Gasteiger partial charge in [0.15, 0.2) is 11.6 Å². The van der Waals surface area contributed by atoms with Crippen LogP contribution in [0.2, 0.25) is 0 Å². The average Bonchev–Trinajstić information content (AvgIpc) is 3.24. The minimum atomic E-state index is -0.338. The predicted octanol–water partition coefficient (Wildman–Crippen LogP) is 1.19. The van der Waals surface area contributed by atoms with Crippen molar-refractivity contribution in [2.75, 3.05) is 50.0 Å². The summed E-state index contributed by atoms with van der Waals surface area (Å²) in [7, 11) is 1.74. The van der Waals surface area contributed by atoms with Crippen LogP contribution in [0.4, 0.5) is 16.2 Å². The lowest BCUT2D eigenvalue weighted by Crippen LogP contribution is -2.47. The Labute approximate surface area is 112 Å². The summed E-state index contributed by atoms with van der Waals surface area (Å²) in [5.74, 6) is 1.47. The molecule has 0 radical (unpaired) electrons. The first-order chi connectivity index (χ1) is 9.26. The van der Waals surface area contributed by atoms with E-state index in [4.69, 9.17) is 0 Å². The van der Waals surface area contributed by atoms with Gasteiger partial charge in [0.25, 0.3) is 0 Å². The van der Waals surface area contributed by atoms with Crippen LogP contribution in [0.15, 0.2) is 6.20 Å². The number of anilines is 2. The van der Waals surface area contributed by atoms with Crippen LogP contribution >= 0.6 is 0 Å². The molecule has 2 fully saturated rings. The van der Waals surface area contributed by atoms with Crippen molar-refractivity contribution in [3.05, 3.63) is 12.0 Å². The average molecular weight is 265 g/mol. The maximum atomic E-state index is 13.8. The normalized spacial score (nSPS) is 20.6. The third-order valence-electron chi connectivity index (χ3n) is 3.83. The van der Waals surface area contributed by atoms with E-state index in [2.05, 4.69) is 20.2 Å². The number of nitrogens with zero attached hydrogens (tertiary/aromatic N) is 4. The fraction of sp³-hybridized carbons (Fsp3) is 0.692. The predicted molar refractivity (Wildman–Crippen MR) is 72.9 cm³/mol. The molecule has 1 N–H and O–H groups in total. The van der Waals surface area contributed by atoms with E-state index in [0.29, 0.717) is 11.8 Å². The van der Waals surface area contributed by atoms with Crippen molar-refractivity contribution >= 4 is 11.8 Å². The molecular formula is C13H20FN5. The van der Waals surface area contributed by atoms with Crippen molar-refractivity contribution in [3.8, 4) is 0 Å². The Hall–Kier alpha value is -1.43. The van der Waals surface area contributed by atoms with Gasteiger partial charge in [0.1, 0.15) is 0 Å². The zero-order chi connectivity index (χ0) is 13.2. The summed E-state index contributed by atoms with van der Waals surface area (Å²) in [6.45, 7) is 4.87. The zero-order valence-electron chi connectivity index (χ0n) is 11.3. The molecule has 1 saturated heterocycles. The Kier molecular flexibility index (Phi) is 3.50. The maximum absolute atomic E-state index is 13.8. The number of piperazine rings is 1. The van der Waals surface area contributed by atoms with Crippen molar-refractivity contribution in [1.29, 1.82) is 0 Å². The fourth-order valence-electron chi connectivity index (χ4n) is 2.51. The molecule has 5 nitrogen and oxygen atoms in total. The van der Waals surface area contributed by atoms with Gasteiger partial charge in [-0.15, -0.1) is 0 Å². The smallest absolute Gasteiger partial charge is 0.224 e. The second kappa shape index (κ2) is 5.28. The molecule has 1 saturated carbocycles. The quantitative estimate of drug-likeness (QED) is 0.886. The Morgan fingerprint density at radius 1 is 1.32 bits per heavy atom. The Morgan fingerprint density at radius 3 is 2.68 bits per heavy atom. The number of nitrogens with one attached hydrogen (secondary N) is 1. The molecule has 2 aliphatic rings. The van der Waals surface area contributed by atoms with Crippen molar-refractivity contribution in [2.45, 2.75) is 12.8 Å². The molecule has 1 aliphatic heterocycles. The van der Waals surface area contributed by atoms with Crippen molar-refractivity contribution in [1.82, 2.24) is 14.9 Å². The largest absolute Gasteiger partial charge is 0.357 e. The molecule has 1 aromatic rings. The summed E-state index contributed by atoms with van der Waals surface area (Å²) >= 11 is 0. The summed E-state index contributed by atoms with van der Waals surface area (Å²) in [5, 5.41) is 2.85. The van der Waals surface area contributed by atoms with Gasteiger partial charge in [-0.2, -0.15) is 4.98 Å². The Bertz CT molecular complexity index is 441. The van der Waals surface area contributed by atoms with Crippen LogP contribution in [0.25, 0.3) is 0 Å². The minimum Gasteiger partial charge on any atom is -0.357 e. The molecule has 0 atom stereocenters. The molecule has 0 bridgehead atoms. The van der Waals surface area contributed by atoms with E-state index in [9.17, 15) is 4.39 Å². The van der Waals surface area contributed by atoms with Crippen LogP contribution in [0.5, 0.6) is 0 Å². The van der Waals surface area contributed by atoms with Gasteiger partial charge in [-0.25, -0.2) is 9.37 Å². The maximum Gasteiger partial charge on any atom is 0.224 e. The molecule has 0 amide bonds.